The molecule has 0 bridgehead atoms. The van der Waals surface area contributed by atoms with Crippen molar-refractivity contribution in [1.82, 2.24) is 9.88 Å². The molecule has 3 heterocycles. The van der Waals surface area contributed by atoms with Crippen molar-refractivity contribution in [2.45, 2.75) is 19.3 Å². The summed E-state index contributed by atoms with van der Waals surface area (Å²) in [6.07, 6.45) is 4.30. The number of ether oxygens (including phenoxy) is 1. The first-order valence-corrected chi connectivity index (χ1v) is 8.85. The van der Waals surface area contributed by atoms with Gasteiger partial charge in [-0.2, -0.15) is 0 Å². The van der Waals surface area contributed by atoms with Crippen molar-refractivity contribution < 1.29 is 9.53 Å². The van der Waals surface area contributed by atoms with Crippen LogP contribution in [0, 0.1) is 5.41 Å². The molecule has 2 N–H and O–H groups in total. The Labute approximate surface area is 159 Å². The zero-order chi connectivity index (χ0) is 15.4. The molecule has 138 valence electrons. The normalized spacial score (nSPS) is 20.5. The standard InChI is InChI=1S/C15H24N4O2S.2ClH/c16-12-15(2-9-21-10-3-15)13(20)18-5-1-6-19(8-7-18)14-17-4-11-22-14;;/h4,11H,1-3,5-10,12,16H2;2*1H. The molecule has 2 aliphatic heterocycles. The minimum atomic E-state index is -0.408. The molecule has 24 heavy (non-hydrogen) atoms. The van der Waals surface area contributed by atoms with E-state index in [1.54, 1.807) is 11.3 Å². The fraction of sp³-hybridized carbons (Fsp3) is 0.733. The van der Waals surface area contributed by atoms with Gasteiger partial charge < -0.3 is 20.3 Å². The van der Waals surface area contributed by atoms with Crippen LogP contribution in [-0.2, 0) is 9.53 Å². The number of nitrogens with two attached hydrogens (primary N) is 1. The predicted octanol–water partition coefficient (Wildman–Crippen LogP) is 1.78. The fourth-order valence-corrected chi connectivity index (χ4v) is 3.98. The minimum Gasteiger partial charge on any atom is -0.381 e. The van der Waals surface area contributed by atoms with E-state index in [1.807, 2.05) is 16.5 Å². The van der Waals surface area contributed by atoms with E-state index in [4.69, 9.17) is 10.5 Å². The van der Waals surface area contributed by atoms with Crippen LogP contribution in [0.1, 0.15) is 19.3 Å². The van der Waals surface area contributed by atoms with Crippen LogP contribution in [0.15, 0.2) is 11.6 Å². The van der Waals surface area contributed by atoms with Gasteiger partial charge in [0.05, 0.1) is 5.41 Å². The van der Waals surface area contributed by atoms with Gasteiger partial charge in [0, 0.05) is 57.5 Å². The summed E-state index contributed by atoms with van der Waals surface area (Å²) in [5.74, 6) is 0.222. The minimum absolute atomic E-state index is 0. The van der Waals surface area contributed by atoms with Crippen LogP contribution in [0.5, 0.6) is 0 Å². The van der Waals surface area contributed by atoms with Gasteiger partial charge >= 0.3 is 0 Å². The average Bonchev–Trinajstić information content (AvgIpc) is 2.99. The molecule has 1 aromatic rings. The van der Waals surface area contributed by atoms with Crippen LogP contribution in [-0.4, -0.2) is 61.7 Å². The van der Waals surface area contributed by atoms with E-state index in [0.717, 1.165) is 50.6 Å². The molecule has 2 saturated heterocycles. The van der Waals surface area contributed by atoms with Crippen molar-refractivity contribution in [1.29, 1.82) is 0 Å². The Bertz CT molecular complexity index is 498. The van der Waals surface area contributed by atoms with Crippen molar-refractivity contribution in [3.8, 4) is 0 Å². The maximum absolute atomic E-state index is 13.0. The van der Waals surface area contributed by atoms with Gasteiger partial charge in [-0.25, -0.2) is 4.98 Å². The summed E-state index contributed by atoms with van der Waals surface area (Å²) < 4.78 is 5.41. The Morgan fingerprint density at radius 3 is 2.62 bits per heavy atom. The van der Waals surface area contributed by atoms with Crippen molar-refractivity contribution in [3.63, 3.8) is 0 Å². The van der Waals surface area contributed by atoms with Crippen molar-refractivity contribution in [2.24, 2.45) is 11.1 Å². The Kier molecular flexibility index (Phi) is 8.73. The number of amides is 1. The zero-order valence-corrected chi connectivity index (χ0v) is 16.1. The van der Waals surface area contributed by atoms with Crippen molar-refractivity contribution >= 4 is 47.2 Å². The Balaban J connectivity index is 0.00000144. The summed E-state index contributed by atoms with van der Waals surface area (Å²) >= 11 is 1.65. The first-order valence-electron chi connectivity index (χ1n) is 7.97. The molecule has 2 aliphatic rings. The third-order valence-corrected chi connectivity index (χ3v) is 5.60. The summed E-state index contributed by atoms with van der Waals surface area (Å²) in [5.41, 5.74) is 5.56. The zero-order valence-electron chi connectivity index (χ0n) is 13.7. The number of anilines is 1. The third-order valence-electron chi connectivity index (χ3n) is 4.77. The second-order valence-corrected chi connectivity index (χ2v) is 6.92. The van der Waals surface area contributed by atoms with E-state index >= 15 is 0 Å². The second-order valence-electron chi connectivity index (χ2n) is 6.04. The van der Waals surface area contributed by atoms with E-state index in [0.29, 0.717) is 19.8 Å². The molecule has 0 radical (unpaired) electrons. The van der Waals surface area contributed by atoms with Crippen LogP contribution < -0.4 is 10.6 Å². The fourth-order valence-electron chi connectivity index (χ4n) is 3.29. The molecular formula is C15H26Cl2N4O2S. The van der Waals surface area contributed by atoms with E-state index < -0.39 is 5.41 Å². The maximum atomic E-state index is 13.0. The summed E-state index contributed by atoms with van der Waals surface area (Å²) in [6.45, 7) is 5.06. The highest BCUT2D eigenvalue weighted by atomic mass is 35.5. The highest BCUT2D eigenvalue weighted by molar-refractivity contribution is 7.13. The Morgan fingerprint density at radius 2 is 2.00 bits per heavy atom. The molecule has 1 amide bonds. The number of nitrogens with zero attached hydrogens (tertiary/aromatic N) is 3. The van der Waals surface area contributed by atoms with Crippen LogP contribution >= 0.6 is 36.2 Å². The van der Waals surface area contributed by atoms with Gasteiger partial charge in [0.1, 0.15) is 0 Å². The third kappa shape index (κ3) is 4.52. The summed E-state index contributed by atoms with van der Waals surface area (Å²) in [4.78, 5) is 21.7. The first kappa shape index (κ1) is 21.4. The lowest BCUT2D eigenvalue weighted by molar-refractivity contribution is -0.147. The quantitative estimate of drug-likeness (QED) is 0.842. The number of aromatic nitrogens is 1. The molecular weight excluding hydrogens is 371 g/mol. The number of thiazole rings is 1. The average molecular weight is 397 g/mol. The van der Waals surface area contributed by atoms with E-state index in [2.05, 4.69) is 9.88 Å². The highest BCUT2D eigenvalue weighted by Gasteiger charge is 2.41. The van der Waals surface area contributed by atoms with E-state index in [1.165, 1.54) is 0 Å². The van der Waals surface area contributed by atoms with Gasteiger partial charge in [0.2, 0.25) is 5.91 Å². The number of hydrogen-bond donors (Lipinski definition) is 1. The van der Waals surface area contributed by atoms with Gasteiger partial charge in [-0.1, -0.05) is 0 Å². The van der Waals surface area contributed by atoms with Crippen molar-refractivity contribution in [3.05, 3.63) is 11.6 Å². The lowest BCUT2D eigenvalue weighted by Gasteiger charge is -2.38. The highest BCUT2D eigenvalue weighted by Crippen LogP contribution is 2.32. The van der Waals surface area contributed by atoms with Crippen LogP contribution in [0.4, 0.5) is 5.13 Å². The number of hydrogen-bond acceptors (Lipinski definition) is 6. The Morgan fingerprint density at radius 1 is 1.25 bits per heavy atom. The van der Waals surface area contributed by atoms with Crippen LogP contribution in [0.25, 0.3) is 0 Å². The molecule has 2 fully saturated rings. The summed E-state index contributed by atoms with van der Waals surface area (Å²) in [5, 5.41) is 3.04. The molecule has 0 spiro atoms. The van der Waals surface area contributed by atoms with Crippen LogP contribution in [0.3, 0.4) is 0 Å². The lowest BCUT2D eigenvalue weighted by atomic mass is 9.79. The predicted molar refractivity (Wildman–Crippen MR) is 102 cm³/mol. The second kappa shape index (κ2) is 9.77. The van der Waals surface area contributed by atoms with Gasteiger partial charge in [0.25, 0.3) is 0 Å². The molecule has 0 aromatic carbocycles. The Hall–Kier alpha value is -0.600. The van der Waals surface area contributed by atoms with Gasteiger partial charge in [-0.05, 0) is 19.3 Å². The molecule has 0 unspecified atom stereocenters. The molecule has 3 rings (SSSR count). The molecule has 0 saturated carbocycles. The van der Waals surface area contributed by atoms with Gasteiger partial charge in [-0.15, -0.1) is 36.2 Å². The van der Waals surface area contributed by atoms with E-state index in [-0.39, 0.29) is 30.7 Å². The topological polar surface area (TPSA) is 71.7 Å². The monoisotopic (exact) mass is 396 g/mol. The summed E-state index contributed by atoms with van der Waals surface area (Å²) in [7, 11) is 0. The van der Waals surface area contributed by atoms with E-state index in [9.17, 15) is 4.79 Å². The SMILES string of the molecule is Cl.Cl.NCC1(C(=O)N2CCCN(c3nccs3)CC2)CCOCC1. The molecule has 0 atom stereocenters. The van der Waals surface area contributed by atoms with Gasteiger partial charge in [-0.3, -0.25) is 4.79 Å². The van der Waals surface area contributed by atoms with Gasteiger partial charge in [0.15, 0.2) is 5.13 Å². The number of carbonyl (C=O) groups is 1. The first-order chi connectivity index (χ1) is 10.7. The molecule has 0 aliphatic carbocycles. The smallest absolute Gasteiger partial charge is 0.230 e. The molecule has 9 heteroatoms. The number of rotatable bonds is 3. The maximum Gasteiger partial charge on any atom is 0.230 e. The van der Waals surface area contributed by atoms with Crippen LogP contribution in [0.2, 0.25) is 0 Å². The largest absolute Gasteiger partial charge is 0.381 e. The summed E-state index contributed by atoms with van der Waals surface area (Å²) in [6, 6.07) is 0. The lowest BCUT2D eigenvalue weighted by Crippen LogP contribution is -2.51. The number of carbonyl (C=O) groups excluding carboxylic acids is 1. The molecule has 1 aromatic heterocycles. The number of halogens is 2. The molecule has 6 nitrogen and oxygen atoms in total. The van der Waals surface area contributed by atoms with Crippen molar-refractivity contribution in [2.75, 3.05) is 50.8 Å².